The molecule has 1 aromatic heterocycles. The van der Waals surface area contributed by atoms with Crippen LogP contribution < -0.4 is 10.2 Å². The van der Waals surface area contributed by atoms with Crippen molar-refractivity contribution in [2.24, 2.45) is 0 Å². The number of nitrogens with one attached hydrogen (secondary N) is 1. The summed E-state index contributed by atoms with van der Waals surface area (Å²) in [4.78, 5) is 25.1. The Labute approximate surface area is 154 Å². The lowest BCUT2D eigenvalue weighted by Crippen LogP contribution is -2.46. The molecule has 0 bridgehead atoms. The van der Waals surface area contributed by atoms with Crippen molar-refractivity contribution >= 4 is 23.3 Å². The van der Waals surface area contributed by atoms with E-state index in [0.29, 0.717) is 12.2 Å². The standard InChI is InChI=1S/C19H25N5O2/c1-3-23-9-11-24(12-10-23)18-13-17(20-14-21-18)22-16-7-5-15(6-8-16)19(25)26-4-2/h5-8,13-14H,3-4,9-12H2,1-2H3,(H,20,21,22). The first-order valence-electron chi connectivity index (χ1n) is 9.03. The summed E-state index contributed by atoms with van der Waals surface area (Å²) in [5.41, 5.74) is 1.40. The number of carbonyl (C=O) groups excluding carboxylic acids is 1. The molecule has 1 aliphatic heterocycles. The predicted octanol–water partition coefficient (Wildman–Crippen LogP) is 2.54. The van der Waals surface area contributed by atoms with E-state index in [4.69, 9.17) is 4.74 Å². The Morgan fingerprint density at radius 1 is 1.12 bits per heavy atom. The number of nitrogens with zero attached hydrogens (tertiary/aromatic N) is 4. The molecule has 1 N–H and O–H groups in total. The van der Waals surface area contributed by atoms with Crippen molar-refractivity contribution in [3.8, 4) is 0 Å². The molecule has 0 atom stereocenters. The fraction of sp³-hybridized carbons (Fsp3) is 0.421. The highest BCUT2D eigenvalue weighted by Gasteiger charge is 2.17. The smallest absolute Gasteiger partial charge is 0.338 e. The summed E-state index contributed by atoms with van der Waals surface area (Å²) in [6, 6.07) is 9.13. The monoisotopic (exact) mass is 355 g/mol. The average Bonchev–Trinajstić information content (AvgIpc) is 2.69. The lowest BCUT2D eigenvalue weighted by Gasteiger charge is -2.34. The van der Waals surface area contributed by atoms with Gasteiger partial charge in [0.05, 0.1) is 12.2 Å². The zero-order chi connectivity index (χ0) is 18.4. The number of carbonyl (C=O) groups is 1. The zero-order valence-electron chi connectivity index (χ0n) is 15.3. The maximum Gasteiger partial charge on any atom is 0.338 e. The molecule has 1 aromatic carbocycles. The second-order valence-corrected chi connectivity index (χ2v) is 6.11. The Kier molecular flexibility index (Phi) is 6.01. The van der Waals surface area contributed by atoms with Crippen LogP contribution >= 0.6 is 0 Å². The highest BCUT2D eigenvalue weighted by atomic mass is 16.5. The van der Waals surface area contributed by atoms with Gasteiger partial charge in [0, 0.05) is 37.9 Å². The Morgan fingerprint density at radius 2 is 1.85 bits per heavy atom. The van der Waals surface area contributed by atoms with E-state index in [2.05, 4.69) is 32.0 Å². The number of ether oxygens (including phenoxy) is 1. The van der Waals surface area contributed by atoms with E-state index in [-0.39, 0.29) is 5.97 Å². The van der Waals surface area contributed by atoms with Gasteiger partial charge in [-0.2, -0.15) is 0 Å². The number of likely N-dealkylation sites (N-methyl/N-ethyl adjacent to an activating group) is 1. The van der Waals surface area contributed by atoms with E-state index in [0.717, 1.165) is 50.0 Å². The molecule has 2 aromatic rings. The van der Waals surface area contributed by atoms with Crippen molar-refractivity contribution in [3.05, 3.63) is 42.2 Å². The molecule has 1 saturated heterocycles. The van der Waals surface area contributed by atoms with E-state index in [9.17, 15) is 4.79 Å². The van der Waals surface area contributed by atoms with Crippen LogP contribution in [0.3, 0.4) is 0 Å². The third-order valence-electron chi connectivity index (χ3n) is 4.46. The summed E-state index contributed by atoms with van der Waals surface area (Å²) >= 11 is 0. The molecule has 1 aliphatic rings. The predicted molar refractivity (Wildman–Crippen MR) is 102 cm³/mol. The number of anilines is 3. The van der Waals surface area contributed by atoms with Gasteiger partial charge in [-0.15, -0.1) is 0 Å². The third-order valence-corrected chi connectivity index (χ3v) is 4.46. The van der Waals surface area contributed by atoms with E-state index >= 15 is 0 Å². The first-order chi connectivity index (χ1) is 12.7. The highest BCUT2D eigenvalue weighted by molar-refractivity contribution is 5.89. The molecule has 0 radical (unpaired) electrons. The molecule has 0 amide bonds. The van der Waals surface area contributed by atoms with Gasteiger partial charge in [0.25, 0.3) is 0 Å². The quantitative estimate of drug-likeness (QED) is 0.799. The Morgan fingerprint density at radius 3 is 2.50 bits per heavy atom. The van der Waals surface area contributed by atoms with Crippen LogP contribution in [0.4, 0.5) is 17.3 Å². The van der Waals surface area contributed by atoms with Crippen molar-refractivity contribution in [1.82, 2.24) is 14.9 Å². The fourth-order valence-corrected chi connectivity index (χ4v) is 2.93. The molecule has 0 spiro atoms. The van der Waals surface area contributed by atoms with Crippen molar-refractivity contribution in [2.45, 2.75) is 13.8 Å². The minimum atomic E-state index is -0.311. The minimum Gasteiger partial charge on any atom is -0.462 e. The summed E-state index contributed by atoms with van der Waals surface area (Å²) in [6.45, 7) is 9.49. The molecule has 3 rings (SSSR count). The first-order valence-corrected chi connectivity index (χ1v) is 9.03. The fourth-order valence-electron chi connectivity index (χ4n) is 2.93. The van der Waals surface area contributed by atoms with Crippen molar-refractivity contribution in [2.75, 3.05) is 49.5 Å². The van der Waals surface area contributed by atoms with E-state index in [1.54, 1.807) is 25.4 Å². The second kappa shape index (κ2) is 8.62. The first kappa shape index (κ1) is 18.1. The van der Waals surface area contributed by atoms with Crippen LogP contribution in [0.5, 0.6) is 0 Å². The second-order valence-electron chi connectivity index (χ2n) is 6.11. The van der Waals surface area contributed by atoms with E-state index < -0.39 is 0 Å². The number of hydrogen-bond donors (Lipinski definition) is 1. The van der Waals surface area contributed by atoms with Crippen LogP contribution in [0.1, 0.15) is 24.2 Å². The zero-order valence-corrected chi connectivity index (χ0v) is 15.3. The van der Waals surface area contributed by atoms with Gasteiger partial charge >= 0.3 is 5.97 Å². The Hall–Kier alpha value is -2.67. The van der Waals surface area contributed by atoms with E-state index in [1.807, 2.05) is 18.2 Å². The van der Waals surface area contributed by atoms with Crippen LogP contribution in [-0.4, -0.2) is 60.2 Å². The summed E-state index contributed by atoms with van der Waals surface area (Å²) < 4.78 is 5.00. The maximum atomic E-state index is 11.7. The largest absolute Gasteiger partial charge is 0.462 e. The van der Waals surface area contributed by atoms with Gasteiger partial charge in [-0.1, -0.05) is 6.92 Å². The topological polar surface area (TPSA) is 70.6 Å². The molecule has 0 aliphatic carbocycles. The number of rotatable bonds is 6. The van der Waals surface area contributed by atoms with E-state index in [1.165, 1.54) is 0 Å². The van der Waals surface area contributed by atoms with Gasteiger partial charge in [0.2, 0.25) is 0 Å². The number of hydrogen-bond acceptors (Lipinski definition) is 7. The summed E-state index contributed by atoms with van der Waals surface area (Å²) in [5, 5.41) is 3.26. The lowest BCUT2D eigenvalue weighted by atomic mass is 10.2. The van der Waals surface area contributed by atoms with Gasteiger partial charge in [-0.05, 0) is 37.7 Å². The number of aromatic nitrogens is 2. The highest BCUT2D eigenvalue weighted by Crippen LogP contribution is 2.20. The number of esters is 1. The Bertz CT molecular complexity index is 727. The van der Waals surface area contributed by atoms with Crippen LogP contribution in [0.2, 0.25) is 0 Å². The number of piperazine rings is 1. The van der Waals surface area contributed by atoms with Gasteiger partial charge in [-0.3, -0.25) is 0 Å². The van der Waals surface area contributed by atoms with Gasteiger partial charge in [0.1, 0.15) is 18.0 Å². The van der Waals surface area contributed by atoms with Crippen molar-refractivity contribution < 1.29 is 9.53 Å². The Balaban J connectivity index is 1.64. The van der Waals surface area contributed by atoms with Gasteiger partial charge < -0.3 is 19.9 Å². The molecule has 7 heteroatoms. The molecule has 1 fully saturated rings. The average molecular weight is 355 g/mol. The van der Waals surface area contributed by atoms with Gasteiger partial charge in [-0.25, -0.2) is 14.8 Å². The number of benzene rings is 1. The normalized spacial score (nSPS) is 14.9. The molecule has 138 valence electrons. The van der Waals surface area contributed by atoms with Crippen LogP contribution in [-0.2, 0) is 4.74 Å². The lowest BCUT2D eigenvalue weighted by molar-refractivity contribution is 0.0526. The third kappa shape index (κ3) is 4.49. The summed E-state index contributed by atoms with van der Waals surface area (Å²) in [6.07, 6.45) is 1.58. The molecule has 0 saturated carbocycles. The van der Waals surface area contributed by atoms with Crippen molar-refractivity contribution in [3.63, 3.8) is 0 Å². The van der Waals surface area contributed by atoms with Crippen LogP contribution in [0.25, 0.3) is 0 Å². The molecule has 2 heterocycles. The minimum absolute atomic E-state index is 0.311. The molecule has 26 heavy (non-hydrogen) atoms. The molecular weight excluding hydrogens is 330 g/mol. The molecule has 0 unspecified atom stereocenters. The van der Waals surface area contributed by atoms with Crippen LogP contribution in [0.15, 0.2) is 36.7 Å². The maximum absolute atomic E-state index is 11.7. The molecule has 7 nitrogen and oxygen atoms in total. The van der Waals surface area contributed by atoms with Gasteiger partial charge in [0.15, 0.2) is 0 Å². The summed E-state index contributed by atoms with van der Waals surface area (Å²) in [7, 11) is 0. The molecular formula is C19H25N5O2. The SMILES string of the molecule is CCOC(=O)c1ccc(Nc2cc(N3CCN(CC)CC3)ncn2)cc1. The summed E-state index contributed by atoms with van der Waals surface area (Å²) in [5.74, 6) is 1.35. The van der Waals surface area contributed by atoms with Crippen LogP contribution in [0, 0.1) is 0 Å². The van der Waals surface area contributed by atoms with Crippen molar-refractivity contribution in [1.29, 1.82) is 0 Å².